The molecule has 1 aromatic rings. The number of nitriles is 1. The van der Waals surface area contributed by atoms with Crippen LogP contribution in [0.25, 0.3) is 0 Å². The summed E-state index contributed by atoms with van der Waals surface area (Å²) in [5.41, 5.74) is 1.05. The summed E-state index contributed by atoms with van der Waals surface area (Å²) in [5, 5.41) is 10.1. The molecule has 0 unspecified atom stereocenters. The molecule has 0 radical (unpaired) electrons. The van der Waals surface area contributed by atoms with Crippen LogP contribution in [0, 0.1) is 23.2 Å². The molecule has 164 valence electrons. The predicted octanol–water partition coefficient (Wildman–Crippen LogP) is 5.96. The standard InChI is InChI=1S/C24H33Cl2N3O/c25-21-8-9-23(26)24(18-21)29-16-14-28(15-17-29)13-11-20-6-4-19(5-7-20)2-1-3-22(30)10-12-27/h8-9,18-20H,1-7,10-11,13-17H2. The van der Waals surface area contributed by atoms with Crippen LogP contribution in [0.1, 0.15) is 57.8 Å². The number of carbonyl (C=O) groups excluding carboxylic acids is 1. The van der Waals surface area contributed by atoms with Gasteiger partial charge in [-0.15, -0.1) is 0 Å². The maximum atomic E-state index is 11.5. The van der Waals surface area contributed by atoms with Crippen LogP contribution in [0.15, 0.2) is 18.2 Å². The van der Waals surface area contributed by atoms with Crippen molar-refractivity contribution in [2.24, 2.45) is 11.8 Å². The van der Waals surface area contributed by atoms with Crippen molar-refractivity contribution in [3.8, 4) is 6.07 Å². The number of halogens is 2. The van der Waals surface area contributed by atoms with E-state index in [0.29, 0.717) is 6.42 Å². The average Bonchev–Trinajstić information content (AvgIpc) is 2.75. The van der Waals surface area contributed by atoms with Gasteiger partial charge in [0.1, 0.15) is 5.78 Å². The highest BCUT2D eigenvalue weighted by Gasteiger charge is 2.23. The number of hydrogen-bond acceptors (Lipinski definition) is 4. The van der Waals surface area contributed by atoms with Crippen molar-refractivity contribution in [3.63, 3.8) is 0 Å². The molecule has 1 saturated heterocycles. The number of nitrogens with zero attached hydrogens (tertiary/aromatic N) is 3. The number of anilines is 1. The molecular formula is C24H33Cl2N3O. The Kier molecular flexibility index (Phi) is 9.30. The molecule has 1 aromatic carbocycles. The van der Waals surface area contributed by atoms with Crippen LogP contribution in [-0.4, -0.2) is 43.4 Å². The van der Waals surface area contributed by atoms with Crippen LogP contribution in [0.3, 0.4) is 0 Å². The van der Waals surface area contributed by atoms with E-state index in [1.54, 1.807) is 0 Å². The zero-order valence-electron chi connectivity index (χ0n) is 17.8. The van der Waals surface area contributed by atoms with Gasteiger partial charge in [-0.2, -0.15) is 5.26 Å². The molecular weight excluding hydrogens is 417 g/mol. The van der Waals surface area contributed by atoms with Crippen molar-refractivity contribution < 1.29 is 4.79 Å². The highest BCUT2D eigenvalue weighted by Crippen LogP contribution is 2.34. The fraction of sp³-hybridized carbons (Fsp3) is 0.667. The fourth-order valence-corrected chi connectivity index (χ4v) is 5.28. The van der Waals surface area contributed by atoms with Gasteiger partial charge in [0.25, 0.3) is 0 Å². The number of Topliss-reactive ketones (excluding diaryl/α,β-unsaturated/α-hetero) is 1. The topological polar surface area (TPSA) is 47.3 Å². The van der Waals surface area contributed by atoms with Gasteiger partial charge in [0.2, 0.25) is 0 Å². The molecule has 30 heavy (non-hydrogen) atoms. The second-order valence-electron chi connectivity index (χ2n) is 8.87. The monoisotopic (exact) mass is 449 g/mol. The lowest BCUT2D eigenvalue weighted by Crippen LogP contribution is -2.47. The van der Waals surface area contributed by atoms with E-state index in [1.165, 1.54) is 38.6 Å². The molecule has 0 atom stereocenters. The SMILES string of the molecule is N#CCC(=O)CCCC1CCC(CCN2CCN(c3cc(Cl)ccc3Cl)CC2)CC1. The summed E-state index contributed by atoms with van der Waals surface area (Å²) in [6, 6.07) is 7.64. The summed E-state index contributed by atoms with van der Waals surface area (Å²) in [5.74, 6) is 1.73. The Bertz CT molecular complexity index is 732. The van der Waals surface area contributed by atoms with Crippen LogP contribution in [0.2, 0.25) is 10.0 Å². The van der Waals surface area contributed by atoms with Crippen LogP contribution in [-0.2, 0) is 4.79 Å². The Balaban J connectivity index is 1.30. The molecule has 4 nitrogen and oxygen atoms in total. The first-order valence-electron chi connectivity index (χ1n) is 11.4. The Labute approximate surface area is 191 Å². The summed E-state index contributed by atoms with van der Waals surface area (Å²) in [6.07, 6.45) is 9.33. The lowest BCUT2D eigenvalue weighted by atomic mass is 9.78. The van der Waals surface area contributed by atoms with Crippen molar-refractivity contribution in [2.75, 3.05) is 37.6 Å². The van der Waals surface area contributed by atoms with Gasteiger partial charge in [-0.05, 0) is 49.4 Å². The van der Waals surface area contributed by atoms with Crippen LogP contribution in [0.4, 0.5) is 5.69 Å². The molecule has 3 rings (SSSR count). The van der Waals surface area contributed by atoms with Gasteiger partial charge in [0.15, 0.2) is 0 Å². The Morgan fingerprint density at radius 1 is 1.03 bits per heavy atom. The molecule has 1 aliphatic heterocycles. The van der Waals surface area contributed by atoms with E-state index in [4.69, 9.17) is 28.5 Å². The van der Waals surface area contributed by atoms with Crippen molar-refractivity contribution in [2.45, 2.75) is 57.8 Å². The van der Waals surface area contributed by atoms with E-state index in [-0.39, 0.29) is 12.2 Å². The molecule has 2 aliphatic rings. The first kappa shape index (κ1) is 23.4. The average molecular weight is 450 g/mol. The summed E-state index contributed by atoms with van der Waals surface area (Å²) >= 11 is 12.5. The molecule has 0 amide bonds. The smallest absolute Gasteiger partial charge is 0.146 e. The van der Waals surface area contributed by atoms with Crippen molar-refractivity contribution in [1.29, 1.82) is 5.26 Å². The minimum atomic E-state index is 0.0765. The van der Waals surface area contributed by atoms with E-state index < -0.39 is 0 Å². The second-order valence-corrected chi connectivity index (χ2v) is 9.71. The van der Waals surface area contributed by atoms with E-state index >= 15 is 0 Å². The molecule has 1 saturated carbocycles. The van der Waals surface area contributed by atoms with Crippen LogP contribution in [0.5, 0.6) is 0 Å². The first-order chi connectivity index (χ1) is 14.5. The molecule has 0 aromatic heterocycles. The number of piperazine rings is 1. The maximum Gasteiger partial charge on any atom is 0.146 e. The highest BCUT2D eigenvalue weighted by molar-refractivity contribution is 6.35. The fourth-order valence-electron chi connectivity index (χ4n) is 4.88. The minimum Gasteiger partial charge on any atom is -0.368 e. The van der Waals surface area contributed by atoms with Crippen molar-refractivity contribution >= 4 is 34.7 Å². The lowest BCUT2D eigenvalue weighted by molar-refractivity contribution is -0.118. The van der Waals surface area contributed by atoms with Crippen LogP contribution >= 0.6 is 23.2 Å². The van der Waals surface area contributed by atoms with E-state index in [0.717, 1.165) is 66.6 Å². The van der Waals surface area contributed by atoms with Crippen LogP contribution < -0.4 is 4.90 Å². The first-order valence-corrected chi connectivity index (χ1v) is 12.1. The van der Waals surface area contributed by atoms with Crippen molar-refractivity contribution in [3.05, 3.63) is 28.2 Å². The minimum absolute atomic E-state index is 0.0765. The third-order valence-corrected chi connectivity index (χ3v) is 7.34. The normalized spacial score (nSPS) is 22.6. The van der Waals surface area contributed by atoms with E-state index in [1.807, 2.05) is 24.3 Å². The van der Waals surface area contributed by atoms with Gasteiger partial charge in [0.05, 0.1) is 23.2 Å². The molecule has 6 heteroatoms. The second kappa shape index (κ2) is 11.9. The third-order valence-electron chi connectivity index (χ3n) is 6.79. The largest absolute Gasteiger partial charge is 0.368 e. The van der Waals surface area contributed by atoms with E-state index in [9.17, 15) is 4.79 Å². The van der Waals surface area contributed by atoms with Gasteiger partial charge in [-0.3, -0.25) is 9.69 Å². The third kappa shape index (κ3) is 7.15. The number of carbonyl (C=O) groups is 1. The molecule has 2 fully saturated rings. The summed E-state index contributed by atoms with van der Waals surface area (Å²) < 4.78 is 0. The van der Waals surface area contributed by atoms with E-state index in [2.05, 4.69) is 9.80 Å². The molecule has 1 heterocycles. The molecule has 0 spiro atoms. The number of benzene rings is 1. The number of hydrogen-bond donors (Lipinski definition) is 0. The predicted molar refractivity (Wildman–Crippen MR) is 124 cm³/mol. The quantitative estimate of drug-likeness (QED) is 0.465. The van der Waals surface area contributed by atoms with Gasteiger partial charge in [-0.1, -0.05) is 55.3 Å². The summed E-state index contributed by atoms with van der Waals surface area (Å²) in [6.45, 7) is 5.34. The Hall–Kier alpha value is -1.28. The van der Waals surface area contributed by atoms with Gasteiger partial charge in [-0.25, -0.2) is 0 Å². The van der Waals surface area contributed by atoms with Gasteiger partial charge in [0, 0.05) is 37.6 Å². The Morgan fingerprint density at radius 2 is 1.70 bits per heavy atom. The van der Waals surface area contributed by atoms with Gasteiger partial charge < -0.3 is 4.90 Å². The molecule has 0 bridgehead atoms. The molecule has 0 N–H and O–H groups in total. The number of ketones is 1. The van der Waals surface area contributed by atoms with Gasteiger partial charge >= 0.3 is 0 Å². The lowest BCUT2D eigenvalue weighted by Gasteiger charge is -2.37. The maximum absolute atomic E-state index is 11.5. The Morgan fingerprint density at radius 3 is 2.37 bits per heavy atom. The summed E-state index contributed by atoms with van der Waals surface area (Å²) in [4.78, 5) is 16.4. The zero-order chi connectivity index (χ0) is 21.3. The zero-order valence-corrected chi connectivity index (χ0v) is 19.3. The highest BCUT2D eigenvalue weighted by atomic mass is 35.5. The van der Waals surface area contributed by atoms with Crippen molar-refractivity contribution in [1.82, 2.24) is 4.90 Å². The number of rotatable bonds is 9. The summed E-state index contributed by atoms with van der Waals surface area (Å²) in [7, 11) is 0. The molecule has 1 aliphatic carbocycles.